The van der Waals surface area contributed by atoms with Crippen LogP contribution in [0.15, 0.2) is 41.0 Å². The molecule has 0 aromatic heterocycles. The number of carbonyl (C=O) groups is 1. The Balaban J connectivity index is 2.01. The summed E-state index contributed by atoms with van der Waals surface area (Å²) in [6, 6.07) is 7.98. The molecule has 0 atom stereocenters. The highest BCUT2D eigenvalue weighted by molar-refractivity contribution is 6.13. The van der Waals surface area contributed by atoms with Crippen LogP contribution in [0.1, 0.15) is 23.6 Å². The molecule has 1 aliphatic rings. The highest BCUT2D eigenvalue weighted by Crippen LogP contribution is 2.39. The minimum absolute atomic E-state index is 0.00737. The molecule has 2 aromatic rings. The van der Waals surface area contributed by atoms with Crippen LogP contribution < -0.4 is 14.2 Å². The molecule has 0 saturated heterocycles. The van der Waals surface area contributed by atoms with Crippen LogP contribution in [0, 0.1) is 10.1 Å². The summed E-state index contributed by atoms with van der Waals surface area (Å²) in [6.45, 7) is 1.84. The van der Waals surface area contributed by atoms with Crippen LogP contribution >= 0.6 is 0 Å². The Morgan fingerprint density at radius 2 is 1.77 bits per heavy atom. The third-order valence-corrected chi connectivity index (χ3v) is 4.52. The highest BCUT2D eigenvalue weighted by atomic mass is 16.6. The van der Waals surface area contributed by atoms with Gasteiger partial charge >= 0.3 is 5.97 Å². The summed E-state index contributed by atoms with van der Waals surface area (Å²) in [4.78, 5) is 27.4. The molecule has 9 nitrogen and oxygen atoms in total. The van der Waals surface area contributed by atoms with Crippen molar-refractivity contribution in [2.24, 2.45) is 4.99 Å². The Kier molecular flexibility index (Phi) is 6.01. The molecular weight excluding hydrogens is 392 g/mol. The predicted octanol–water partition coefficient (Wildman–Crippen LogP) is 3.53. The minimum Gasteiger partial charge on any atom is -0.493 e. The van der Waals surface area contributed by atoms with E-state index in [-0.39, 0.29) is 17.3 Å². The van der Waals surface area contributed by atoms with Crippen molar-refractivity contribution in [1.82, 2.24) is 0 Å². The van der Waals surface area contributed by atoms with Crippen molar-refractivity contribution in [3.8, 4) is 17.2 Å². The van der Waals surface area contributed by atoms with E-state index in [9.17, 15) is 14.9 Å². The molecule has 0 amide bonds. The van der Waals surface area contributed by atoms with E-state index in [1.807, 2.05) is 6.92 Å². The molecule has 0 N–H and O–H groups in total. The fourth-order valence-electron chi connectivity index (χ4n) is 3.03. The van der Waals surface area contributed by atoms with Crippen molar-refractivity contribution in [3.63, 3.8) is 0 Å². The van der Waals surface area contributed by atoms with Gasteiger partial charge in [-0.1, -0.05) is 19.1 Å². The zero-order chi connectivity index (χ0) is 21.8. The summed E-state index contributed by atoms with van der Waals surface area (Å²) < 4.78 is 21.2. The van der Waals surface area contributed by atoms with Crippen molar-refractivity contribution >= 4 is 23.6 Å². The number of methoxy groups -OCH3 is 3. The van der Waals surface area contributed by atoms with Crippen LogP contribution in [0.4, 0.5) is 5.69 Å². The average molecular weight is 412 g/mol. The average Bonchev–Trinajstić information content (AvgIpc) is 3.12. The monoisotopic (exact) mass is 412 g/mol. The van der Waals surface area contributed by atoms with Crippen molar-refractivity contribution in [1.29, 1.82) is 0 Å². The number of aryl methyl sites for hydroxylation is 1. The van der Waals surface area contributed by atoms with Crippen molar-refractivity contribution in [3.05, 3.63) is 62.8 Å². The van der Waals surface area contributed by atoms with Gasteiger partial charge in [0.1, 0.15) is 0 Å². The van der Waals surface area contributed by atoms with Crippen LogP contribution in [0.2, 0.25) is 0 Å². The van der Waals surface area contributed by atoms with Crippen molar-refractivity contribution in [2.75, 3.05) is 21.3 Å². The first-order chi connectivity index (χ1) is 14.4. The Hall–Kier alpha value is -3.88. The summed E-state index contributed by atoms with van der Waals surface area (Å²) >= 11 is 0. The number of nitrogens with zero attached hydrogens (tertiary/aromatic N) is 2. The van der Waals surface area contributed by atoms with E-state index >= 15 is 0 Å². The van der Waals surface area contributed by atoms with Gasteiger partial charge < -0.3 is 18.9 Å². The quantitative estimate of drug-likeness (QED) is 0.296. The maximum atomic E-state index is 12.3. The van der Waals surface area contributed by atoms with E-state index in [1.54, 1.807) is 24.3 Å². The second kappa shape index (κ2) is 8.64. The lowest BCUT2D eigenvalue weighted by molar-refractivity contribution is -0.385. The predicted molar refractivity (Wildman–Crippen MR) is 109 cm³/mol. The summed E-state index contributed by atoms with van der Waals surface area (Å²) in [5.41, 5.74) is 1.55. The zero-order valence-corrected chi connectivity index (χ0v) is 16.9. The number of nitro groups is 1. The number of esters is 1. The molecule has 1 aliphatic heterocycles. The number of ether oxygens (including phenoxy) is 4. The van der Waals surface area contributed by atoms with E-state index in [0.29, 0.717) is 40.4 Å². The number of hydrogen-bond donors (Lipinski definition) is 0. The fourth-order valence-corrected chi connectivity index (χ4v) is 3.03. The minimum atomic E-state index is -0.666. The van der Waals surface area contributed by atoms with Crippen LogP contribution in [0.3, 0.4) is 0 Å². The van der Waals surface area contributed by atoms with Gasteiger partial charge in [0.05, 0.1) is 26.3 Å². The molecule has 0 aliphatic carbocycles. The molecule has 30 heavy (non-hydrogen) atoms. The van der Waals surface area contributed by atoms with E-state index in [4.69, 9.17) is 18.9 Å². The van der Waals surface area contributed by atoms with Crippen LogP contribution in [-0.4, -0.2) is 38.1 Å². The Morgan fingerprint density at radius 1 is 1.10 bits per heavy atom. The largest absolute Gasteiger partial charge is 0.493 e. The highest BCUT2D eigenvalue weighted by Gasteiger charge is 2.27. The first-order valence-corrected chi connectivity index (χ1v) is 9.02. The lowest BCUT2D eigenvalue weighted by atomic mass is 10.1. The number of aliphatic imine (C=N–C) groups is 1. The van der Waals surface area contributed by atoms with E-state index in [0.717, 1.165) is 0 Å². The van der Waals surface area contributed by atoms with Gasteiger partial charge in [-0.3, -0.25) is 10.1 Å². The summed E-state index contributed by atoms with van der Waals surface area (Å²) in [7, 11) is 4.43. The lowest BCUT2D eigenvalue weighted by Crippen LogP contribution is -2.07. The Morgan fingerprint density at radius 3 is 2.30 bits per heavy atom. The molecule has 9 heteroatoms. The third-order valence-electron chi connectivity index (χ3n) is 4.52. The molecule has 3 rings (SSSR count). The Labute approximate surface area is 172 Å². The summed E-state index contributed by atoms with van der Waals surface area (Å²) in [6.07, 6.45) is 1.97. The number of carbonyl (C=O) groups excluding carboxylic acids is 1. The van der Waals surface area contributed by atoms with Gasteiger partial charge in [0.25, 0.3) is 5.69 Å². The molecule has 0 radical (unpaired) electrons. The fraction of sp³-hybridized carbons (Fsp3) is 0.238. The standard InChI is InChI=1S/C21H20N2O7/c1-5-13-7-6-12(9-16(13)23(25)26)8-15-21(24)30-20(22-15)14-10-17(27-2)19(29-4)18(11-14)28-3/h6-11H,5H2,1-4H3. The van der Waals surface area contributed by atoms with E-state index in [1.165, 1.54) is 33.5 Å². The molecule has 0 saturated carbocycles. The second-order valence-corrected chi connectivity index (χ2v) is 6.25. The van der Waals surface area contributed by atoms with Crippen molar-refractivity contribution < 1.29 is 28.7 Å². The van der Waals surface area contributed by atoms with Gasteiger partial charge in [0.15, 0.2) is 17.2 Å². The normalized spacial score (nSPS) is 14.3. The third kappa shape index (κ3) is 3.95. The lowest BCUT2D eigenvalue weighted by Gasteiger charge is -2.13. The van der Waals surface area contributed by atoms with Crippen LogP contribution in [-0.2, 0) is 16.0 Å². The topological polar surface area (TPSA) is 109 Å². The van der Waals surface area contributed by atoms with Crippen molar-refractivity contribution in [2.45, 2.75) is 13.3 Å². The van der Waals surface area contributed by atoms with Gasteiger partial charge in [-0.05, 0) is 30.2 Å². The number of benzene rings is 2. The van der Waals surface area contributed by atoms with Gasteiger partial charge in [0.2, 0.25) is 11.6 Å². The number of hydrogen-bond acceptors (Lipinski definition) is 8. The second-order valence-electron chi connectivity index (χ2n) is 6.25. The smallest absolute Gasteiger partial charge is 0.363 e. The molecule has 1 heterocycles. The summed E-state index contributed by atoms with van der Waals surface area (Å²) in [5.74, 6) is 0.557. The molecule has 0 fully saturated rings. The van der Waals surface area contributed by atoms with Gasteiger partial charge in [0, 0.05) is 17.2 Å². The molecule has 0 spiro atoms. The van der Waals surface area contributed by atoms with E-state index < -0.39 is 10.9 Å². The van der Waals surface area contributed by atoms with Gasteiger partial charge in [-0.2, -0.15) is 0 Å². The molecule has 0 unspecified atom stereocenters. The summed E-state index contributed by atoms with van der Waals surface area (Å²) in [5, 5.41) is 11.3. The molecule has 156 valence electrons. The van der Waals surface area contributed by atoms with Gasteiger partial charge in [-0.25, -0.2) is 9.79 Å². The maximum Gasteiger partial charge on any atom is 0.363 e. The number of cyclic esters (lactones) is 1. The Bertz CT molecular complexity index is 1050. The zero-order valence-electron chi connectivity index (χ0n) is 16.9. The first-order valence-electron chi connectivity index (χ1n) is 9.02. The number of rotatable bonds is 7. The van der Waals surface area contributed by atoms with E-state index in [2.05, 4.69) is 4.99 Å². The molecular formula is C21H20N2O7. The SMILES string of the molecule is CCc1ccc(C=C2N=C(c3cc(OC)c(OC)c(OC)c3)OC2=O)cc1[N+](=O)[O-]. The maximum absolute atomic E-state index is 12.3. The first kappa shape index (κ1) is 20.8. The number of nitro benzene ring substituents is 1. The van der Waals surface area contributed by atoms with Gasteiger partial charge in [-0.15, -0.1) is 0 Å². The van der Waals surface area contributed by atoms with Crippen LogP contribution in [0.5, 0.6) is 17.2 Å². The van der Waals surface area contributed by atoms with Crippen LogP contribution in [0.25, 0.3) is 6.08 Å². The molecule has 0 bridgehead atoms. The molecule has 2 aromatic carbocycles.